The van der Waals surface area contributed by atoms with E-state index in [1.165, 1.54) is 24.3 Å². The largest absolute Gasteiger partial charge is 0.325 e. The van der Waals surface area contributed by atoms with Crippen LogP contribution in [0.1, 0.15) is 24.5 Å². The predicted octanol–water partition coefficient (Wildman–Crippen LogP) is 4.49. The Morgan fingerprint density at radius 3 is 2.24 bits per heavy atom. The van der Waals surface area contributed by atoms with Gasteiger partial charge in [0.1, 0.15) is 11.4 Å². The van der Waals surface area contributed by atoms with E-state index in [2.05, 4.69) is 5.32 Å². The van der Waals surface area contributed by atoms with Gasteiger partial charge in [-0.1, -0.05) is 48.3 Å². The summed E-state index contributed by atoms with van der Waals surface area (Å²) in [5.74, 6) is -0.825. The Morgan fingerprint density at radius 1 is 1.08 bits per heavy atom. The van der Waals surface area contributed by atoms with Crippen LogP contribution < -0.4 is 5.32 Å². The highest BCUT2D eigenvalue weighted by Gasteiger charge is 2.51. The summed E-state index contributed by atoms with van der Waals surface area (Å²) >= 11 is 12.3. The summed E-state index contributed by atoms with van der Waals surface area (Å²) in [6.45, 7) is 1.75. The van der Waals surface area contributed by atoms with Gasteiger partial charge in [-0.15, -0.1) is 0 Å². The van der Waals surface area contributed by atoms with Crippen LogP contribution in [0.25, 0.3) is 0 Å². The average Bonchev–Trinajstić information content (AvgIpc) is 2.83. The van der Waals surface area contributed by atoms with Crippen LogP contribution in [0.5, 0.6) is 0 Å². The molecule has 0 aliphatic carbocycles. The smallest absolute Gasteiger partial charge is 0.319 e. The van der Waals surface area contributed by atoms with Crippen LogP contribution in [0.15, 0.2) is 42.5 Å². The number of amides is 3. The quantitative estimate of drug-likeness (QED) is 0.794. The number of rotatable bonds is 4. The number of urea groups is 1. The molecule has 1 aliphatic heterocycles. The fourth-order valence-corrected chi connectivity index (χ4v) is 3.50. The molecule has 3 amide bonds. The van der Waals surface area contributed by atoms with Crippen LogP contribution in [0.3, 0.4) is 0 Å². The van der Waals surface area contributed by atoms with Crippen molar-refractivity contribution in [2.24, 2.45) is 0 Å². The van der Waals surface area contributed by atoms with Gasteiger partial charge in [-0.2, -0.15) is 0 Å². The first-order valence-corrected chi connectivity index (χ1v) is 8.47. The fraction of sp³-hybridized carbons (Fsp3) is 0.222. The first kappa shape index (κ1) is 17.7. The van der Waals surface area contributed by atoms with Gasteiger partial charge in [0.05, 0.1) is 6.54 Å². The zero-order valence-corrected chi connectivity index (χ0v) is 14.9. The molecule has 3 rings (SSSR count). The second kappa shape index (κ2) is 6.65. The van der Waals surface area contributed by atoms with Crippen molar-refractivity contribution in [3.05, 3.63) is 69.5 Å². The van der Waals surface area contributed by atoms with Crippen molar-refractivity contribution >= 4 is 35.1 Å². The van der Waals surface area contributed by atoms with Crippen LogP contribution in [0.4, 0.5) is 9.18 Å². The Morgan fingerprint density at radius 2 is 1.68 bits per heavy atom. The number of carbonyl (C=O) groups is 2. The van der Waals surface area contributed by atoms with Crippen molar-refractivity contribution in [3.8, 4) is 0 Å². The van der Waals surface area contributed by atoms with E-state index >= 15 is 0 Å². The van der Waals surface area contributed by atoms with Gasteiger partial charge in [-0.25, -0.2) is 9.18 Å². The van der Waals surface area contributed by atoms with Gasteiger partial charge in [0.2, 0.25) is 0 Å². The van der Waals surface area contributed by atoms with Gasteiger partial charge in [0.25, 0.3) is 5.91 Å². The van der Waals surface area contributed by atoms with Crippen molar-refractivity contribution in [2.45, 2.75) is 25.4 Å². The number of hydrogen-bond acceptors (Lipinski definition) is 2. The minimum atomic E-state index is -1.22. The number of hydrogen-bond donors (Lipinski definition) is 1. The minimum absolute atomic E-state index is 0.0356. The summed E-state index contributed by atoms with van der Waals surface area (Å²) in [6.07, 6.45) is 0.329. The third-order valence-electron chi connectivity index (χ3n) is 4.42. The van der Waals surface area contributed by atoms with Gasteiger partial charge in [0.15, 0.2) is 0 Å². The molecule has 130 valence electrons. The summed E-state index contributed by atoms with van der Waals surface area (Å²) < 4.78 is 13.2. The molecule has 7 heteroatoms. The van der Waals surface area contributed by atoms with E-state index in [0.717, 1.165) is 4.90 Å². The Labute approximate surface area is 154 Å². The van der Waals surface area contributed by atoms with Crippen LogP contribution in [-0.2, 0) is 16.9 Å². The van der Waals surface area contributed by atoms with E-state index in [4.69, 9.17) is 23.2 Å². The molecule has 1 unspecified atom stereocenters. The Bertz CT molecular complexity index is 821. The van der Waals surface area contributed by atoms with E-state index < -0.39 is 23.3 Å². The summed E-state index contributed by atoms with van der Waals surface area (Å²) in [5.41, 5.74) is -0.193. The highest BCUT2D eigenvalue weighted by atomic mass is 35.5. The summed E-state index contributed by atoms with van der Waals surface area (Å²) in [7, 11) is 0. The van der Waals surface area contributed by atoms with E-state index in [0.29, 0.717) is 27.6 Å². The highest BCUT2D eigenvalue weighted by Crippen LogP contribution is 2.35. The topological polar surface area (TPSA) is 49.4 Å². The molecule has 1 heterocycles. The molecule has 1 fully saturated rings. The van der Waals surface area contributed by atoms with Crippen molar-refractivity contribution < 1.29 is 14.0 Å². The first-order valence-electron chi connectivity index (χ1n) is 7.72. The molecule has 0 aromatic heterocycles. The van der Waals surface area contributed by atoms with E-state index in [1.807, 2.05) is 0 Å². The number of halogens is 3. The molecule has 2 aromatic rings. The monoisotopic (exact) mass is 380 g/mol. The van der Waals surface area contributed by atoms with Gasteiger partial charge in [0, 0.05) is 15.6 Å². The maximum absolute atomic E-state index is 13.2. The van der Waals surface area contributed by atoms with Crippen LogP contribution in [0, 0.1) is 5.82 Å². The molecule has 25 heavy (non-hydrogen) atoms. The molecule has 0 spiro atoms. The lowest BCUT2D eigenvalue weighted by molar-refractivity contribution is -0.132. The minimum Gasteiger partial charge on any atom is -0.319 e. The number of imide groups is 1. The Kier molecular flexibility index (Phi) is 4.71. The van der Waals surface area contributed by atoms with Crippen molar-refractivity contribution in [2.75, 3.05) is 0 Å². The van der Waals surface area contributed by atoms with Crippen molar-refractivity contribution in [1.29, 1.82) is 0 Å². The second-order valence-electron chi connectivity index (χ2n) is 5.79. The van der Waals surface area contributed by atoms with Crippen molar-refractivity contribution in [1.82, 2.24) is 10.2 Å². The SMILES string of the molecule is CCC1(c2ccc(F)cc2)NC(=O)N(Cc2c(Cl)cccc2Cl)C1=O. The van der Waals surface area contributed by atoms with Crippen LogP contribution in [0.2, 0.25) is 10.0 Å². The van der Waals surface area contributed by atoms with Gasteiger partial charge >= 0.3 is 6.03 Å². The van der Waals surface area contributed by atoms with Crippen LogP contribution >= 0.6 is 23.2 Å². The van der Waals surface area contributed by atoms with E-state index in [-0.39, 0.29) is 6.54 Å². The second-order valence-corrected chi connectivity index (χ2v) is 6.60. The molecule has 1 atom stereocenters. The normalized spacial score (nSPS) is 20.1. The molecule has 2 aromatic carbocycles. The molecule has 1 aliphatic rings. The molecular formula is C18H15Cl2FN2O2. The summed E-state index contributed by atoms with van der Waals surface area (Å²) in [4.78, 5) is 26.6. The molecule has 0 bridgehead atoms. The third-order valence-corrected chi connectivity index (χ3v) is 5.13. The molecule has 4 nitrogen and oxygen atoms in total. The number of nitrogens with zero attached hydrogens (tertiary/aromatic N) is 1. The highest BCUT2D eigenvalue weighted by molar-refractivity contribution is 6.36. The summed E-state index contributed by atoms with van der Waals surface area (Å²) in [6, 6.07) is 9.98. The number of nitrogens with one attached hydrogen (secondary N) is 1. The fourth-order valence-electron chi connectivity index (χ4n) is 2.99. The summed E-state index contributed by atoms with van der Waals surface area (Å²) in [5, 5.41) is 3.50. The first-order chi connectivity index (χ1) is 11.9. The van der Waals surface area contributed by atoms with E-state index in [9.17, 15) is 14.0 Å². The van der Waals surface area contributed by atoms with Crippen molar-refractivity contribution in [3.63, 3.8) is 0 Å². The van der Waals surface area contributed by atoms with Gasteiger partial charge in [-0.05, 0) is 36.2 Å². The molecule has 1 N–H and O–H groups in total. The number of carbonyl (C=O) groups excluding carboxylic acids is 2. The molecule has 1 saturated heterocycles. The van der Waals surface area contributed by atoms with Gasteiger partial charge in [-0.3, -0.25) is 9.69 Å². The average molecular weight is 381 g/mol. The van der Waals surface area contributed by atoms with Gasteiger partial charge < -0.3 is 5.32 Å². The van der Waals surface area contributed by atoms with Crippen LogP contribution in [-0.4, -0.2) is 16.8 Å². The zero-order chi connectivity index (χ0) is 18.2. The maximum Gasteiger partial charge on any atom is 0.325 e. The number of benzene rings is 2. The predicted molar refractivity (Wildman–Crippen MR) is 93.9 cm³/mol. The standard InChI is InChI=1S/C18H15Cl2FN2O2/c1-2-18(11-6-8-12(21)9-7-11)16(24)23(17(25)22-18)10-13-14(19)4-3-5-15(13)20/h3-9H,2,10H2,1H3,(H,22,25). The Balaban J connectivity index is 1.97. The van der Waals surface area contributed by atoms with E-state index in [1.54, 1.807) is 25.1 Å². The maximum atomic E-state index is 13.2. The molecule has 0 radical (unpaired) electrons. The Hall–Kier alpha value is -2.11. The lowest BCUT2D eigenvalue weighted by Crippen LogP contribution is -2.43. The third kappa shape index (κ3) is 2.98. The molecular weight excluding hydrogens is 366 g/mol. The lowest BCUT2D eigenvalue weighted by atomic mass is 9.87. The lowest BCUT2D eigenvalue weighted by Gasteiger charge is -2.26. The molecule has 0 saturated carbocycles. The zero-order valence-electron chi connectivity index (χ0n) is 13.4.